The first-order chi connectivity index (χ1) is 10.4. The molecule has 2 aromatic rings. The summed E-state index contributed by atoms with van der Waals surface area (Å²) in [4.78, 5) is 22.5. The van der Waals surface area contributed by atoms with Crippen LogP contribution in [-0.2, 0) is 0 Å². The second-order valence-corrected chi connectivity index (χ2v) is 5.49. The minimum Gasteiger partial charge on any atom is -0.322 e. The van der Waals surface area contributed by atoms with Crippen LogP contribution in [0.3, 0.4) is 0 Å². The summed E-state index contributed by atoms with van der Waals surface area (Å²) in [5.74, 6) is 0.150. The topological polar surface area (TPSA) is 72.2 Å². The lowest BCUT2D eigenvalue weighted by Gasteiger charge is -2.09. The molecule has 1 N–H and O–H groups in total. The van der Waals surface area contributed by atoms with Crippen molar-refractivity contribution in [3.63, 3.8) is 0 Å². The van der Waals surface area contributed by atoms with Gasteiger partial charge in [0.2, 0.25) is 0 Å². The van der Waals surface area contributed by atoms with Crippen molar-refractivity contribution in [1.82, 2.24) is 0 Å². The minimum atomic E-state index is -0.457. The number of carbonyl (C=O) groups is 1. The Morgan fingerprint density at radius 1 is 1.14 bits per heavy atom. The highest BCUT2D eigenvalue weighted by Gasteiger charge is 2.14. The Kier molecular flexibility index (Phi) is 4.56. The van der Waals surface area contributed by atoms with Gasteiger partial charge in [0.05, 0.1) is 4.92 Å². The SMILES string of the molecule is Cc1cc(C(=O)Nc2ccc(C(C)C)cc2)ccc1[N+](=O)[O-]. The smallest absolute Gasteiger partial charge is 0.272 e. The molecule has 0 radical (unpaired) electrons. The number of rotatable bonds is 4. The van der Waals surface area contributed by atoms with Crippen LogP contribution in [0.4, 0.5) is 11.4 Å². The molecule has 2 aromatic carbocycles. The van der Waals surface area contributed by atoms with Gasteiger partial charge in [0.1, 0.15) is 0 Å². The van der Waals surface area contributed by atoms with Crippen molar-refractivity contribution in [1.29, 1.82) is 0 Å². The first-order valence-electron chi connectivity index (χ1n) is 7.05. The van der Waals surface area contributed by atoms with Crippen molar-refractivity contribution in [2.75, 3.05) is 5.32 Å². The molecule has 2 rings (SSSR count). The van der Waals surface area contributed by atoms with Crippen LogP contribution in [0.2, 0.25) is 0 Å². The van der Waals surface area contributed by atoms with Gasteiger partial charge in [0.25, 0.3) is 11.6 Å². The summed E-state index contributed by atoms with van der Waals surface area (Å²) in [5, 5.41) is 13.6. The molecule has 5 nitrogen and oxygen atoms in total. The van der Waals surface area contributed by atoms with E-state index in [9.17, 15) is 14.9 Å². The largest absolute Gasteiger partial charge is 0.322 e. The van der Waals surface area contributed by atoms with Gasteiger partial charge in [0.15, 0.2) is 0 Å². The minimum absolute atomic E-state index is 0.0119. The molecule has 0 aliphatic carbocycles. The lowest BCUT2D eigenvalue weighted by atomic mass is 10.0. The summed E-state index contributed by atoms with van der Waals surface area (Å²) < 4.78 is 0. The maximum Gasteiger partial charge on any atom is 0.272 e. The zero-order valence-electron chi connectivity index (χ0n) is 12.8. The van der Waals surface area contributed by atoms with E-state index in [0.29, 0.717) is 22.7 Å². The number of nitro groups is 1. The molecule has 0 aliphatic rings. The summed E-state index contributed by atoms with van der Waals surface area (Å²) in [7, 11) is 0. The van der Waals surface area contributed by atoms with E-state index in [2.05, 4.69) is 19.2 Å². The van der Waals surface area contributed by atoms with Gasteiger partial charge in [-0.15, -0.1) is 0 Å². The summed E-state index contributed by atoms with van der Waals surface area (Å²) in [6.45, 7) is 5.83. The number of carbonyl (C=O) groups excluding carboxylic acids is 1. The van der Waals surface area contributed by atoms with E-state index in [-0.39, 0.29) is 11.6 Å². The molecule has 0 saturated carbocycles. The highest BCUT2D eigenvalue weighted by Crippen LogP contribution is 2.21. The number of hydrogen-bond donors (Lipinski definition) is 1. The maximum atomic E-state index is 12.2. The van der Waals surface area contributed by atoms with E-state index in [1.165, 1.54) is 23.8 Å². The molecular weight excluding hydrogens is 280 g/mol. The molecular formula is C17H18N2O3. The first kappa shape index (κ1) is 15.7. The van der Waals surface area contributed by atoms with Crippen molar-refractivity contribution >= 4 is 17.3 Å². The molecule has 0 aliphatic heterocycles. The Morgan fingerprint density at radius 3 is 2.27 bits per heavy atom. The van der Waals surface area contributed by atoms with Gasteiger partial charge in [-0.05, 0) is 42.7 Å². The Hall–Kier alpha value is -2.69. The highest BCUT2D eigenvalue weighted by molar-refractivity contribution is 6.04. The Labute approximate surface area is 129 Å². The number of anilines is 1. The van der Waals surface area contributed by atoms with Gasteiger partial charge in [-0.3, -0.25) is 14.9 Å². The van der Waals surface area contributed by atoms with Gasteiger partial charge in [-0.25, -0.2) is 0 Å². The van der Waals surface area contributed by atoms with Crippen LogP contribution in [0.25, 0.3) is 0 Å². The number of nitrogens with one attached hydrogen (secondary N) is 1. The Bertz CT molecular complexity index is 706. The fraction of sp³-hybridized carbons (Fsp3) is 0.235. The van der Waals surface area contributed by atoms with E-state index in [1.807, 2.05) is 24.3 Å². The zero-order valence-corrected chi connectivity index (χ0v) is 12.8. The number of hydrogen-bond acceptors (Lipinski definition) is 3. The van der Waals surface area contributed by atoms with Crippen LogP contribution in [-0.4, -0.2) is 10.8 Å². The number of aryl methyl sites for hydroxylation is 1. The van der Waals surface area contributed by atoms with Gasteiger partial charge in [-0.2, -0.15) is 0 Å². The third kappa shape index (κ3) is 3.49. The monoisotopic (exact) mass is 298 g/mol. The molecule has 0 heterocycles. The lowest BCUT2D eigenvalue weighted by Crippen LogP contribution is -2.12. The Morgan fingerprint density at radius 2 is 1.77 bits per heavy atom. The highest BCUT2D eigenvalue weighted by atomic mass is 16.6. The van der Waals surface area contributed by atoms with Crippen LogP contribution in [0.15, 0.2) is 42.5 Å². The summed E-state index contributed by atoms with van der Waals surface area (Å²) in [6, 6.07) is 12.0. The van der Waals surface area contributed by atoms with Crippen molar-refractivity contribution in [2.24, 2.45) is 0 Å². The molecule has 0 saturated heterocycles. The molecule has 0 unspecified atom stereocenters. The van der Waals surface area contributed by atoms with Crippen molar-refractivity contribution in [2.45, 2.75) is 26.7 Å². The van der Waals surface area contributed by atoms with E-state index >= 15 is 0 Å². The van der Waals surface area contributed by atoms with Gasteiger partial charge in [-0.1, -0.05) is 26.0 Å². The quantitative estimate of drug-likeness (QED) is 0.676. The third-order valence-electron chi connectivity index (χ3n) is 3.49. The number of nitro benzene ring substituents is 1. The maximum absolute atomic E-state index is 12.2. The van der Waals surface area contributed by atoms with E-state index in [0.717, 1.165) is 0 Å². The standard InChI is InChI=1S/C17H18N2O3/c1-11(2)13-4-7-15(8-5-13)18-17(20)14-6-9-16(19(21)22)12(3)10-14/h4-11H,1-3H3,(H,18,20). The van der Waals surface area contributed by atoms with Crippen LogP contribution < -0.4 is 5.32 Å². The molecule has 0 aromatic heterocycles. The molecule has 22 heavy (non-hydrogen) atoms. The summed E-state index contributed by atoms with van der Waals surface area (Å²) in [6.07, 6.45) is 0. The van der Waals surface area contributed by atoms with Crippen molar-refractivity contribution in [3.8, 4) is 0 Å². The molecule has 114 valence electrons. The third-order valence-corrected chi connectivity index (χ3v) is 3.49. The lowest BCUT2D eigenvalue weighted by molar-refractivity contribution is -0.385. The van der Waals surface area contributed by atoms with Crippen molar-refractivity contribution < 1.29 is 9.72 Å². The number of amides is 1. The predicted molar refractivity (Wildman–Crippen MR) is 86.3 cm³/mol. The molecule has 0 fully saturated rings. The fourth-order valence-electron chi connectivity index (χ4n) is 2.16. The molecule has 1 amide bonds. The molecule has 0 bridgehead atoms. The first-order valence-corrected chi connectivity index (χ1v) is 7.05. The van der Waals surface area contributed by atoms with Crippen molar-refractivity contribution in [3.05, 3.63) is 69.3 Å². The normalized spacial score (nSPS) is 10.5. The molecule has 0 spiro atoms. The molecule has 5 heteroatoms. The van der Waals surface area contributed by atoms with Gasteiger partial charge in [0, 0.05) is 22.9 Å². The van der Waals surface area contributed by atoms with E-state index in [4.69, 9.17) is 0 Å². The van der Waals surface area contributed by atoms with Gasteiger partial charge < -0.3 is 5.32 Å². The molecule has 0 atom stereocenters. The van der Waals surface area contributed by atoms with Crippen LogP contribution in [0.5, 0.6) is 0 Å². The second kappa shape index (κ2) is 6.39. The predicted octanol–water partition coefficient (Wildman–Crippen LogP) is 4.28. The average Bonchev–Trinajstić information content (AvgIpc) is 2.47. The number of nitrogens with zero attached hydrogens (tertiary/aromatic N) is 1. The summed E-state index contributed by atoms with van der Waals surface area (Å²) in [5.41, 5.74) is 2.77. The van der Waals surface area contributed by atoms with Crippen LogP contribution >= 0.6 is 0 Å². The zero-order chi connectivity index (χ0) is 16.3. The van der Waals surface area contributed by atoms with E-state index < -0.39 is 4.92 Å². The Balaban J connectivity index is 2.15. The summed E-state index contributed by atoms with van der Waals surface area (Å²) >= 11 is 0. The van der Waals surface area contributed by atoms with Gasteiger partial charge >= 0.3 is 0 Å². The van der Waals surface area contributed by atoms with E-state index in [1.54, 1.807) is 6.92 Å². The second-order valence-electron chi connectivity index (χ2n) is 5.49. The number of benzene rings is 2. The average molecular weight is 298 g/mol. The fourth-order valence-corrected chi connectivity index (χ4v) is 2.16. The van der Waals surface area contributed by atoms with Crippen LogP contribution in [0.1, 0.15) is 41.3 Å². The van der Waals surface area contributed by atoms with Crippen LogP contribution in [0, 0.1) is 17.0 Å².